The largest absolute Gasteiger partial charge is 0.507 e. The SMILES string of the molecule is [2H]c1c([2H])c(C([2H])([2H])[2H])c([2H])c([2H])c1-c1ccnc(-c2cc(-c3cccc4c3nc(-c3cc(C(C)C)cc(C(C)C)c3O)n4-c3ccc(-c4c(C(C)C)cccc4C([2H])(C)C)cc3C([2H])([2H])[2H])cc(C(C)(C)C)c2)c1. The fourth-order valence-electron chi connectivity index (χ4n) is 8.62. The summed E-state index contributed by atoms with van der Waals surface area (Å²) < 4.78 is 97.2. The number of fused-ring (bicyclic) bond motifs is 1. The molecule has 0 saturated carbocycles. The van der Waals surface area contributed by atoms with Crippen LogP contribution in [0.2, 0.25) is 0 Å². The van der Waals surface area contributed by atoms with Gasteiger partial charge in [0, 0.05) is 26.9 Å². The average Bonchev–Trinajstić information content (AvgIpc) is 3.71. The highest BCUT2D eigenvalue weighted by molar-refractivity contribution is 5.97. The molecule has 0 aliphatic carbocycles. The molecule has 0 radical (unpaired) electrons. The zero-order valence-corrected chi connectivity index (χ0v) is 38.8. The van der Waals surface area contributed by atoms with Crippen LogP contribution in [0.1, 0.15) is 154 Å². The first kappa shape index (κ1) is 32.4. The lowest BCUT2D eigenvalue weighted by atomic mass is 9.83. The molecule has 0 bridgehead atoms. The number of nitrogens with zero attached hydrogens (tertiary/aromatic N) is 3. The van der Waals surface area contributed by atoms with E-state index in [4.69, 9.17) is 25.0 Å². The average molecular weight is 855 g/mol. The van der Waals surface area contributed by atoms with E-state index in [0.29, 0.717) is 56.1 Å². The maximum atomic E-state index is 12.4. The molecule has 2 heterocycles. The van der Waals surface area contributed by atoms with Crippen LogP contribution < -0.4 is 0 Å². The molecular formula is C60H65N3O. The van der Waals surface area contributed by atoms with Crippen molar-refractivity contribution in [2.24, 2.45) is 0 Å². The van der Waals surface area contributed by atoms with Gasteiger partial charge >= 0.3 is 0 Å². The van der Waals surface area contributed by atoms with Gasteiger partial charge in [0.05, 0.1) is 33.5 Å². The van der Waals surface area contributed by atoms with E-state index >= 15 is 0 Å². The van der Waals surface area contributed by atoms with Gasteiger partial charge in [-0.25, -0.2) is 4.98 Å². The first-order chi connectivity index (χ1) is 34.8. The third kappa shape index (κ3) is 8.43. The molecule has 0 saturated heterocycles. The van der Waals surface area contributed by atoms with Gasteiger partial charge < -0.3 is 5.11 Å². The second-order valence-corrected chi connectivity index (χ2v) is 19.1. The number of phenols is 1. The summed E-state index contributed by atoms with van der Waals surface area (Å²) in [4.78, 5) is 10.2. The van der Waals surface area contributed by atoms with Crippen molar-refractivity contribution in [2.75, 3.05) is 0 Å². The van der Waals surface area contributed by atoms with Crippen molar-refractivity contribution in [3.05, 3.63) is 166 Å². The molecule has 0 fully saturated rings. The van der Waals surface area contributed by atoms with E-state index in [1.807, 2.05) is 105 Å². The summed E-state index contributed by atoms with van der Waals surface area (Å²) in [5, 5.41) is 12.4. The highest BCUT2D eigenvalue weighted by Gasteiger charge is 2.26. The van der Waals surface area contributed by atoms with Crippen molar-refractivity contribution in [1.82, 2.24) is 14.5 Å². The summed E-state index contributed by atoms with van der Waals surface area (Å²) >= 11 is 0. The smallest absolute Gasteiger partial charge is 0.149 e. The van der Waals surface area contributed by atoms with Gasteiger partial charge in [-0.05, 0) is 152 Å². The highest BCUT2D eigenvalue weighted by Crippen LogP contribution is 2.45. The molecule has 2 aromatic heterocycles. The Balaban J connectivity index is 1.44. The molecular weight excluding hydrogens is 779 g/mol. The predicted molar refractivity (Wildman–Crippen MR) is 272 cm³/mol. The van der Waals surface area contributed by atoms with Gasteiger partial charge in [-0.2, -0.15) is 0 Å². The van der Waals surface area contributed by atoms with E-state index in [1.54, 1.807) is 18.2 Å². The number of para-hydroxylation sites is 1. The van der Waals surface area contributed by atoms with E-state index in [2.05, 4.69) is 54.5 Å². The second-order valence-electron chi connectivity index (χ2n) is 19.1. The number of benzene rings is 6. The maximum absolute atomic E-state index is 12.4. The molecule has 8 rings (SSSR count). The van der Waals surface area contributed by atoms with Crippen LogP contribution >= 0.6 is 0 Å². The Morgan fingerprint density at radius 1 is 0.641 bits per heavy atom. The second kappa shape index (κ2) is 17.4. The number of hydrogen-bond donors (Lipinski definition) is 1. The first-order valence-electron chi connectivity index (χ1n) is 27.7. The Morgan fingerprint density at radius 3 is 2.03 bits per heavy atom. The van der Waals surface area contributed by atoms with Gasteiger partial charge in [-0.15, -0.1) is 0 Å². The number of hydrogen-bond acceptors (Lipinski definition) is 3. The Kier molecular flexibility index (Phi) is 8.80. The molecule has 326 valence electrons. The van der Waals surface area contributed by atoms with Gasteiger partial charge in [0.1, 0.15) is 11.6 Å². The van der Waals surface area contributed by atoms with Crippen LogP contribution in [0, 0.1) is 13.7 Å². The molecule has 4 heteroatoms. The molecule has 0 spiro atoms. The lowest BCUT2D eigenvalue weighted by Gasteiger charge is -2.22. The van der Waals surface area contributed by atoms with Crippen molar-refractivity contribution in [1.29, 1.82) is 0 Å². The van der Waals surface area contributed by atoms with Crippen LogP contribution in [-0.2, 0) is 5.41 Å². The van der Waals surface area contributed by atoms with Gasteiger partial charge in [-0.1, -0.05) is 154 Å². The molecule has 64 heavy (non-hydrogen) atoms. The molecule has 0 amide bonds. The topological polar surface area (TPSA) is 50.9 Å². The van der Waals surface area contributed by atoms with Crippen molar-refractivity contribution in [2.45, 2.75) is 119 Å². The van der Waals surface area contributed by atoms with Crippen LogP contribution in [-0.4, -0.2) is 19.6 Å². The summed E-state index contributed by atoms with van der Waals surface area (Å²) in [5.41, 5.74) is 9.77. The number of aromatic hydroxyl groups is 1. The summed E-state index contributed by atoms with van der Waals surface area (Å²) in [6.45, 7) is 16.9. The normalized spacial score (nSPS) is 15.2. The lowest BCUT2D eigenvalue weighted by Crippen LogP contribution is -2.11. The Hall–Kier alpha value is -6.26. The minimum atomic E-state index is -2.85. The Morgan fingerprint density at radius 2 is 1.36 bits per heavy atom. The molecule has 0 atom stereocenters. The Bertz CT molecular complexity index is 3510. The molecule has 8 aromatic rings. The zero-order chi connectivity index (χ0) is 55.2. The fourth-order valence-corrected chi connectivity index (χ4v) is 8.62. The number of phenolic OH excluding ortho intramolecular Hbond substituents is 1. The van der Waals surface area contributed by atoms with E-state index < -0.39 is 54.7 Å². The quantitative estimate of drug-likeness (QED) is 0.149. The maximum Gasteiger partial charge on any atom is 0.149 e. The van der Waals surface area contributed by atoms with Gasteiger partial charge in [0.2, 0.25) is 0 Å². The van der Waals surface area contributed by atoms with Crippen molar-refractivity contribution < 1.29 is 20.2 Å². The molecule has 0 unspecified atom stereocenters. The van der Waals surface area contributed by atoms with E-state index in [1.165, 1.54) is 6.20 Å². The third-order valence-electron chi connectivity index (χ3n) is 12.2. The standard InChI is InChI=1S/C60H65N3O/c1-35(2)44-32-51(38(7)8)58(64)52(33-44)59-62-57-50(45-29-46(31-47(30-45)60(11,12)13)53-34-42(26-27-61-53)41-22-20-39(9)21-23-41)18-15-19-55(57)63(59)54-25-24-43(28-40(54)10)56-48(36(3)4)16-14-17-49(56)37(5)6/h14-38,64H,1-13H3/i9D3,10D3,20D,21D,22D,23D,36D. The first-order valence-corrected chi connectivity index (χ1v) is 22.2. The summed E-state index contributed by atoms with van der Waals surface area (Å²) in [7, 11) is 0. The van der Waals surface area contributed by atoms with Crippen LogP contribution in [0.4, 0.5) is 0 Å². The Labute approximate surface area is 397 Å². The zero-order valence-electron chi connectivity index (χ0n) is 49.8. The van der Waals surface area contributed by atoms with Crippen molar-refractivity contribution >= 4 is 11.0 Å². The number of aryl methyl sites for hydroxylation is 1. The molecule has 0 aliphatic rings. The number of imidazole rings is 1. The predicted octanol–water partition coefficient (Wildman–Crippen LogP) is 16.9. The minimum absolute atomic E-state index is 0.0450. The summed E-state index contributed by atoms with van der Waals surface area (Å²) in [6.07, 6.45) is 1.53. The van der Waals surface area contributed by atoms with Crippen molar-refractivity contribution in [3.63, 3.8) is 0 Å². The molecule has 1 N–H and O–H groups in total. The molecule has 4 nitrogen and oxygen atoms in total. The van der Waals surface area contributed by atoms with Gasteiger partial charge in [0.15, 0.2) is 0 Å². The van der Waals surface area contributed by atoms with Crippen LogP contribution in [0.3, 0.4) is 0 Å². The monoisotopic (exact) mass is 855 g/mol. The van der Waals surface area contributed by atoms with Gasteiger partial charge in [-0.3, -0.25) is 9.55 Å². The number of rotatable bonds is 10. The third-order valence-corrected chi connectivity index (χ3v) is 12.2. The van der Waals surface area contributed by atoms with E-state index in [9.17, 15) is 5.11 Å². The highest BCUT2D eigenvalue weighted by atomic mass is 16.3. The van der Waals surface area contributed by atoms with Gasteiger partial charge in [0.25, 0.3) is 0 Å². The number of pyridine rings is 1. The minimum Gasteiger partial charge on any atom is -0.507 e. The van der Waals surface area contributed by atoms with Crippen molar-refractivity contribution in [3.8, 4) is 67.5 Å². The summed E-state index contributed by atoms with van der Waals surface area (Å²) in [5.74, 6) is -0.513. The van der Waals surface area contributed by atoms with Crippen LogP contribution in [0.25, 0.3) is 72.7 Å². The fraction of sp³-hybridized carbons (Fsp3) is 0.300. The molecule has 0 aliphatic heterocycles. The van der Waals surface area contributed by atoms with Crippen LogP contribution in [0.5, 0.6) is 5.75 Å². The van der Waals surface area contributed by atoms with E-state index in [0.717, 1.165) is 38.9 Å². The van der Waals surface area contributed by atoms with E-state index in [-0.39, 0.29) is 34.6 Å². The van der Waals surface area contributed by atoms with Crippen LogP contribution in [0.15, 0.2) is 127 Å². The molecule has 6 aromatic carbocycles. The summed E-state index contributed by atoms with van der Waals surface area (Å²) in [6, 6.07) is 28.3. The number of aromatic nitrogens is 3. The lowest BCUT2D eigenvalue weighted by molar-refractivity contribution is 0.466.